The average molecular weight is 1200 g/mol. The first-order valence-electron chi connectivity index (χ1n) is 34.8. The Bertz CT molecular complexity index is 1120. The van der Waals surface area contributed by atoms with E-state index in [0.717, 1.165) is 154 Å². The Morgan fingerprint density at radius 1 is 0.228 bits per heavy atom. The number of hydrogen-bond donors (Lipinski definition) is 0. The minimum absolute atomic E-state index is 0.531. The zero-order chi connectivity index (χ0) is 58.2. The Morgan fingerprint density at radius 3 is 0.468 bits per heavy atom. The molecule has 0 rings (SSSR count). The highest BCUT2D eigenvalue weighted by atomic mass is 35.5. The van der Waals surface area contributed by atoms with Gasteiger partial charge in [0, 0.05) is 52.4 Å². The summed E-state index contributed by atoms with van der Waals surface area (Å²) in [5.41, 5.74) is 0. The number of hydrogen-bond acceptors (Lipinski definition) is 10. The SMILES string of the molecule is CCCCCCCCN(CCCCCCCC)OP(=O)(ON(CCCCCCCC)CCCCCCCC)C(Cl)(Cl)P(=O)(ON(CCCCCCCC)CCCCCCCC)ON(CCCCCCCC)CCCCCCCC. The topological polar surface area (TPSA) is 84.0 Å². The highest BCUT2D eigenvalue weighted by Crippen LogP contribution is 2.82. The first-order valence-corrected chi connectivity index (χ1v) is 38.7. The van der Waals surface area contributed by atoms with Gasteiger partial charge in [-0.1, -0.05) is 335 Å². The van der Waals surface area contributed by atoms with Gasteiger partial charge in [0.25, 0.3) is 0 Å². The van der Waals surface area contributed by atoms with Gasteiger partial charge in [-0.05, 0) is 51.4 Å². The van der Waals surface area contributed by atoms with Gasteiger partial charge in [-0.15, -0.1) is 0 Å². The second-order valence-electron chi connectivity index (χ2n) is 23.7. The van der Waals surface area contributed by atoms with Gasteiger partial charge < -0.3 is 0 Å². The predicted octanol–water partition coefficient (Wildman–Crippen LogP) is 24.3. The van der Waals surface area contributed by atoms with E-state index in [9.17, 15) is 0 Å². The fourth-order valence-corrected chi connectivity index (χ4v) is 15.0. The standard InChI is InChI=1S/C65H136Cl2N4O6P2/c1-9-17-25-33-41-49-57-68(58-50-42-34-26-18-10-2)74-78(72,75-69(59-51-43-35-27-19-11-3)60-52-44-36-28-20-12-4)65(66,67)79(73,76-70(61-53-45-37-29-21-13-5)62-54-46-38-30-22-14-6)77-71(63-55-47-39-31-23-15-7)64-56-48-40-32-24-16-8/h9-64H2,1-8H3. The third kappa shape index (κ3) is 43.9. The summed E-state index contributed by atoms with van der Waals surface area (Å²) in [5, 5.41) is 7.25. The minimum Gasteiger partial charge on any atom is -0.253 e. The van der Waals surface area contributed by atoms with Crippen LogP contribution in [0.25, 0.3) is 0 Å². The zero-order valence-electron chi connectivity index (χ0n) is 54.0. The number of halogens is 2. The molecule has 10 nitrogen and oxygen atoms in total. The monoisotopic (exact) mass is 1200 g/mol. The van der Waals surface area contributed by atoms with Gasteiger partial charge in [0.1, 0.15) is 0 Å². The van der Waals surface area contributed by atoms with Crippen LogP contribution >= 0.6 is 38.4 Å². The van der Waals surface area contributed by atoms with Crippen LogP contribution in [0.1, 0.15) is 364 Å². The van der Waals surface area contributed by atoms with E-state index in [0.29, 0.717) is 52.4 Å². The van der Waals surface area contributed by atoms with Crippen molar-refractivity contribution in [3.63, 3.8) is 0 Å². The lowest BCUT2D eigenvalue weighted by molar-refractivity contribution is -0.135. The number of nitrogens with zero attached hydrogens (tertiary/aromatic N) is 4. The van der Waals surface area contributed by atoms with Gasteiger partial charge in [0.15, 0.2) is 0 Å². The zero-order valence-corrected chi connectivity index (χ0v) is 57.3. The Kier molecular flexibility index (Phi) is 58.3. The normalized spacial score (nSPS) is 12.7. The van der Waals surface area contributed by atoms with Crippen LogP contribution in [0.3, 0.4) is 0 Å². The van der Waals surface area contributed by atoms with Crippen molar-refractivity contribution in [2.45, 2.75) is 367 Å². The summed E-state index contributed by atoms with van der Waals surface area (Å²) >= 11 is 15.8. The molecule has 0 N–H and O–H groups in total. The maximum Gasteiger partial charge on any atom is 0.412 e. The number of rotatable bonds is 66. The van der Waals surface area contributed by atoms with Crippen molar-refractivity contribution in [1.82, 2.24) is 20.3 Å². The van der Waals surface area contributed by atoms with E-state index in [1.807, 2.05) is 20.3 Å². The quantitative estimate of drug-likeness (QED) is 0.0254. The smallest absolute Gasteiger partial charge is 0.253 e. The van der Waals surface area contributed by atoms with Crippen molar-refractivity contribution in [3.8, 4) is 0 Å². The van der Waals surface area contributed by atoms with E-state index in [1.165, 1.54) is 154 Å². The van der Waals surface area contributed by atoms with E-state index in [2.05, 4.69) is 55.4 Å². The molecule has 0 amide bonds. The summed E-state index contributed by atoms with van der Waals surface area (Å²) in [5.74, 6) is 0. The fourth-order valence-electron chi connectivity index (χ4n) is 10.3. The molecule has 0 bridgehead atoms. The molecular weight excluding hydrogens is 1070 g/mol. The molecule has 0 heterocycles. The Morgan fingerprint density at radius 2 is 0.342 bits per heavy atom. The summed E-state index contributed by atoms with van der Waals surface area (Å²) in [6, 6.07) is 0. The molecule has 476 valence electrons. The van der Waals surface area contributed by atoms with Crippen molar-refractivity contribution in [2.24, 2.45) is 0 Å². The van der Waals surface area contributed by atoms with Crippen LogP contribution in [0.4, 0.5) is 0 Å². The molecule has 0 aromatic carbocycles. The molecule has 79 heavy (non-hydrogen) atoms. The molecule has 0 fully saturated rings. The summed E-state index contributed by atoms with van der Waals surface area (Å²) < 4.78 is 58.8. The average Bonchev–Trinajstić information content (AvgIpc) is 3.61. The molecule has 0 radical (unpaired) electrons. The number of hydroxylamine groups is 8. The van der Waals surface area contributed by atoms with Crippen LogP contribution in [0, 0.1) is 0 Å². The third-order valence-electron chi connectivity index (χ3n) is 15.6. The number of unbranched alkanes of at least 4 members (excludes halogenated alkanes) is 40. The molecule has 0 spiro atoms. The molecule has 0 aliphatic rings. The van der Waals surface area contributed by atoms with Crippen molar-refractivity contribution < 1.29 is 27.6 Å². The van der Waals surface area contributed by atoms with Crippen molar-refractivity contribution in [2.75, 3.05) is 52.4 Å². The Labute approximate surface area is 503 Å². The molecule has 0 saturated carbocycles. The highest BCUT2D eigenvalue weighted by Gasteiger charge is 2.68. The van der Waals surface area contributed by atoms with E-state index in [4.69, 9.17) is 41.7 Å². The Balaban J connectivity index is 7.98. The Hall–Kier alpha value is 0.720. The van der Waals surface area contributed by atoms with Crippen molar-refractivity contribution in [1.29, 1.82) is 0 Å². The summed E-state index contributed by atoms with van der Waals surface area (Å²) in [6.45, 7) is 22.2. The van der Waals surface area contributed by atoms with Gasteiger partial charge >= 0.3 is 19.0 Å². The predicted molar refractivity (Wildman–Crippen MR) is 347 cm³/mol. The van der Waals surface area contributed by atoms with Gasteiger partial charge in [0.05, 0.1) is 0 Å². The summed E-state index contributed by atoms with van der Waals surface area (Å²) in [4.78, 5) is 0. The summed E-state index contributed by atoms with van der Waals surface area (Å²) in [6.07, 6.45) is 52.8. The molecule has 0 saturated heterocycles. The molecule has 0 atom stereocenters. The van der Waals surface area contributed by atoms with Crippen LogP contribution < -0.4 is 0 Å². The first-order chi connectivity index (χ1) is 38.5. The van der Waals surface area contributed by atoms with Crippen LogP contribution in [-0.2, 0) is 27.6 Å². The molecule has 0 aromatic heterocycles. The van der Waals surface area contributed by atoms with Gasteiger partial charge in [-0.2, -0.15) is 20.3 Å². The van der Waals surface area contributed by atoms with Gasteiger partial charge in [0.2, 0.25) is 0 Å². The second kappa shape index (κ2) is 57.8. The first kappa shape index (κ1) is 79.7. The minimum atomic E-state index is -4.89. The maximum absolute atomic E-state index is 16.8. The second-order valence-corrected chi connectivity index (χ2v) is 30.4. The fraction of sp³-hybridized carbons (Fsp3) is 1.00. The third-order valence-corrected chi connectivity index (χ3v) is 22.7. The maximum atomic E-state index is 16.8. The lowest BCUT2D eigenvalue weighted by Crippen LogP contribution is -2.38. The lowest BCUT2D eigenvalue weighted by Gasteiger charge is -2.40. The van der Waals surface area contributed by atoms with Crippen molar-refractivity contribution in [3.05, 3.63) is 0 Å². The largest absolute Gasteiger partial charge is 0.412 e. The molecular formula is C65H136Cl2N4O6P2. The number of alkyl halides is 2. The van der Waals surface area contributed by atoms with Gasteiger partial charge in [-0.25, -0.2) is 18.5 Å². The molecule has 0 aliphatic heterocycles. The van der Waals surface area contributed by atoms with Crippen molar-refractivity contribution >= 4 is 38.4 Å². The van der Waals surface area contributed by atoms with Crippen LogP contribution in [0.2, 0.25) is 0 Å². The van der Waals surface area contributed by atoms with Crippen LogP contribution in [0.15, 0.2) is 0 Å². The molecule has 14 heteroatoms. The van der Waals surface area contributed by atoms with Crippen LogP contribution in [0.5, 0.6) is 0 Å². The molecule has 0 aliphatic carbocycles. The van der Waals surface area contributed by atoms with Gasteiger partial charge in [-0.3, -0.25) is 9.13 Å². The molecule has 0 unspecified atom stereocenters. The van der Waals surface area contributed by atoms with E-state index < -0.39 is 19.0 Å². The highest BCUT2D eigenvalue weighted by molar-refractivity contribution is 7.80. The van der Waals surface area contributed by atoms with E-state index in [-0.39, 0.29) is 0 Å². The van der Waals surface area contributed by atoms with E-state index >= 15 is 9.13 Å². The lowest BCUT2D eigenvalue weighted by atomic mass is 10.1. The summed E-state index contributed by atoms with van der Waals surface area (Å²) in [7, 11) is -9.79. The van der Waals surface area contributed by atoms with E-state index in [1.54, 1.807) is 0 Å². The van der Waals surface area contributed by atoms with Crippen LogP contribution in [-0.4, -0.2) is 76.4 Å². The molecule has 0 aromatic rings.